The van der Waals surface area contributed by atoms with E-state index < -0.39 is 0 Å². The fraction of sp³-hybridized carbons (Fsp3) is 0.158. The summed E-state index contributed by atoms with van der Waals surface area (Å²) in [6.45, 7) is 1.80. The molecule has 0 unspecified atom stereocenters. The highest BCUT2D eigenvalue weighted by atomic mass is 15.1. The van der Waals surface area contributed by atoms with Crippen LogP contribution in [0.3, 0.4) is 0 Å². The lowest BCUT2D eigenvalue weighted by Gasteiger charge is -2.17. The molecule has 0 aliphatic carbocycles. The average molecular weight is 289 g/mol. The highest BCUT2D eigenvalue weighted by Gasteiger charge is 2.04. The maximum atomic E-state index is 4.19. The summed E-state index contributed by atoms with van der Waals surface area (Å²) in [5, 5.41) is 0. The van der Waals surface area contributed by atoms with Crippen LogP contribution in [0, 0.1) is 0 Å². The van der Waals surface area contributed by atoms with E-state index in [4.69, 9.17) is 0 Å². The first-order chi connectivity index (χ1) is 10.8. The fourth-order valence-corrected chi connectivity index (χ4v) is 2.55. The van der Waals surface area contributed by atoms with Gasteiger partial charge in [0.05, 0.1) is 0 Å². The van der Waals surface area contributed by atoms with Gasteiger partial charge in [0.25, 0.3) is 0 Å². The van der Waals surface area contributed by atoms with Crippen molar-refractivity contribution in [3.8, 4) is 11.1 Å². The Bertz CT molecular complexity index is 711. The molecular formula is C19H19N3. The summed E-state index contributed by atoms with van der Waals surface area (Å²) < 4.78 is 0. The monoisotopic (exact) mass is 289 g/mol. The number of aromatic nitrogens is 2. The molecule has 0 bridgehead atoms. The summed E-state index contributed by atoms with van der Waals surface area (Å²) >= 11 is 0. The first-order valence-corrected chi connectivity index (χ1v) is 7.38. The van der Waals surface area contributed by atoms with Crippen molar-refractivity contribution in [3.05, 3.63) is 84.4 Å². The molecule has 0 spiro atoms. The SMILES string of the molecule is CN(Cc1cccnc1)Cc1cccc(-c2cccnc2)c1. The summed E-state index contributed by atoms with van der Waals surface area (Å²) in [5.74, 6) is 0. The molecule has 0 aliphatic rings. The second kappa shape index (κ2) is 6.96. The standard InChI is InChI=1S/C19H19N3/c1-22(15-17-6-3-9-20-12-17)14-16-5-2-7-18(11-16)19-8-4-10-21-13-19/h2-13H,14-15H2,1H3. The summed E-state index contributed by atoms with van der Waals surface area (Å²) in [7, 11) is 2.13. The molecule has 0 saturated heterocycles. The van der Waals surface area contributed by atoms with Crippen molar-refractivity contribution >= 4 is 0 Å². The van der Waals surface area contributed by atoms with Crippen LogP contribution >= 0.6 is 0 Å². The number of hydrogen-bond donors (Lipinski definition) is 0. The predicted octanol–water partition coefficient (Wildman–Crippen LogP) is 3.78. The molecular weight excluding hydrogens is 270 g/mol. The van der Waals surface area contributed by atoms with Crippen molar-refractivity contribution in [2.45, 2.75) is 13.1 Å². The Morgan fingerprint density at radius 1 is 0.773 bits per heavy atom. The molecule has 1 aromatic carbocycles. The zero-order chi connectivity index (χ0) is 15.2. The topological polar surface area (TPSA) is 29.0 Å². The molecule has 2 aromatic heterocycles. The molecule has 0 N–H and O–H groups in total. The Hall–Kier alpha value is -2.52. The van der Waals surface area contributed by atoms with Crippen LogP contribution in [-0.2, 0) is 13.1 Å². The molecule has 3 nitrogen and oxygen atoms in total. The number of hydrogen-bond acceptors (Lipinski definition) is 3. The largest absolute Gasteiger partial charge is 0.298 e. The summed E-state index contributed by atoms with van der Waals surface area (Å²) in [5.41, 5.74) is 4.89. The van der Waals surface area contributed by atoms with Gasteiger partial charge in [0, 0.05) is 37.9 Å². The molecule has 22 heavy (non-hydrogen) atoms. The number of benzene rings is 1. The van der Waals surface area contributed by atoms with E-state index in [0.717, 1.165) is 18.7 Å². The van der Waals surface area contributed by atoms with Gasteiger partial charge in [-0.05, 0) is 47.5 Å². The first kappa shape index (κ1) is 14.4. The van der Waals surface area contributed by atoms with E-state index in [2.05, 4.69) is 58.3 Å². The van der Waals surface area contributed by atoms with Crippen LogP contribution in [0.1, 0.15) is 11.1 Å². The molecule has 0 radical (unpaired) electrons. The normalized spacial score (nSPS) is 10.8. The molecule has 2 heterocycles. The van der Waals surface area contributed by atoms with E-state index in [9.17, 15) is 0 Å². The van der Waals surface area contributed by atoms with E-state index >= 15 is 0 Å². The Kier molecular flexibility index (Phi) is 4.56. The van der Waals surface area contributed by atoms with E-state index in [0.29, 0.717) is 0 Å². The molecule has 110 valence electrons. The lowest BCUT2D eigenvalue weighted by molar-refractivity contribution is 0.319. The zero-order valence-corrected chi connectivity index (χ0v) is 12.7. The van der Waals surface area contributed by atoms with Crippen LogP contribution in [0.2, 0.25) is 0 Å². The molecule has 3 aromatic rings. The number of pyridine rings is 2. The maximum Gasteiger partial charge on any atom is 0.0346 e. The van der Waals surface area contributed by atoms with Crippen molar-refractivity contribution in [1.29, 1.82) is 0 Å². The Morgan fingerprint density at radius 3 is 2.18 bits per heavy atom. The van der Waals surface area contributed by atoms with Crippen LogP contribution in [-0.4, -0.2) is 21.9 Å². The van der Waals surface area contributed by atoms with Crippen LogP contribution in [0.15, 0.2) is 73.3 Å². The van der Waals surface area contributed by atoms with Crippen molar-refractivity contribution in [2.24, 2.45) is 0 Å². The quantitative estimate of drug-likeness (QED) is 0.716. The third kappa shape index (κ3) is 3.77. The minimum atomic E-state index is 0.894. The highest BCUT2D eigenvalue weighted by Crippen LogP contribution is 2.20. The van der Waals surface area contributed by atoms with Gasteiger partial charge in [-0.25, -0.2) is 0 Å². The van der Waals surface area contributed by atoms with Gasteiger partial charge in [0.2, 0.25) is 0 Å². The summed E-state index contributed by atoms with van der Waals surface area (Å²) in [6, 6.07) is 16.8. The van der Waals surface area contributed by atoms with Crippen molar-refractivity contribution in [2.75, 3.05) is 7.05 Å². The molecule has 0 aliphatic heterocycles. The molecule has 3 heteroatoms. The van der Waals surface area contributed by atoms with Crippen LogP contribution in [0.4, 0.5) is 0 Å². The Labute approximate surface area is 131 Å². The van der Waals surface area contributed by atoms with Crippen molar-refractivity contribution in [3.63, 3.8) is 0 Å². The second-order valence-corrected chi connectivity index (χ2v) is 5.48. The summed E-state index contributed by atoms with van der Waals surface area (Å²) in [4.78, 5) is 10.6. The zero-order valence-electron chi connectivity index (χ0n) is 12.7. The van der Waals surface area contributed by atoms with Crippen molar-refractivity contribution < 1.29 is 0 Å². The van der Waals surface area contributed by atoms with Crippen LogP contribution < -0.4 is 0 Å². The van der Waals surface area contributed by atoms with Crippen LogP contribution in [0.5, 0.6) is 0 Å². The first-order valence-electron chi connectivity index (χ1n) is 7.38. The average Bonchev–Trinajstić information content (AvgIpc) is 2.57. The molecule has 0 amide bonds. The van der Waals surface area contributed by atoms with Gasteiger partial charge >= 0.3 is 0 Å². The Balaban J connectivity index is 1.70. The van der Waals surface area contributed by atoms with E-state index in [-0.39, 0.29) is 0 Å². The van der Waals surface area contributed by atoms with Gasteiger partial charge in [-0.3, -0.25) is 14.9 Å². The summed E-state index contributed by atoms with van der Waals surface area (Å²) in [6.07, 6.45) is 7.43. The van der Waals surface area contributed by atoms with Crippen LogP contribution in [0.25, 0.3) is 11.1 Å². The molecule has 0 fully saturated rings. The smallest absolute Gasteiger partial charge is 0.0346 e. The minimum absolute atomic E-state index is 0.894. The number of nitrogens with zero attached hydrogens (tertiary/aromatic N) is 3. The van der Waals surface area contributed by atoms with E-state index in [1.165, 1.54) is 16.7 Å². The van der Waals surface area contributed by atoms with Gasteiger partial charge in [-0.15, -0.1) is 0 Å². The van der Waals surface area contributed by atoms with Gasteiger partial charge in [-0.1, -0.05) is 30.3 Å². The van der Waals surface area contributed by atoms with Gasteiger partial charge in [-0.2, -0.15) is 0 Å². The highest BCUT2D eigenvalue weighted by molar-refractivity contribution is 5.62. The second-order valence-electron chi connectivity index (χ2n) is 5.48. The van der Waals surface area contributed by atoms with Gasteiger partial charge in [0.1, 0.15) is 0 Å². The third-order valence-corrected chi connectivity index (χ3v) is 3.55. The lowest BCUT2D eigenvalue weighted by atomic mass is 10.0. The van der Waals surface area contributed by atoms with Crippen molar-refractivity contribution in [1.82, 2.24) is 14.9 Å². The maximum absolute atomic E-state index is 4.19. The predicted molar refractivity (Wildman–Crippen MR) is 89.1 cm³/mol. The van der Waals surface area contributed by atoms with Gasteiger partial charge < -0.3 is 0 Å². The number of rotatable bonds is 5. The van der Waals surface area contributed by atoms with E-state index in [1.54, 1.807) is 12.4 Å². The lowest BCUT2D eigenvalue weighted by Crippen LogP contribution is -2.17. The molecule has 3 rings (SSSR count). The minimum Gasteiger partial charge on any atom is -0.298 e. The molecule has 0 atom stereocenters. The molecule has 0 saturated carbocycles. The Morgan fingerprint density at radius 2 is 1.45 bits per heavy atom. The van der Waals surface area contributed by atoms with Gasteiger partial charge in [0.15, 0.2) is 0 Å². The fourth-order valence-electron chi connectivity index (χ4n) is 2.55. The third-order valence-electron chi connectivity index (χ3n) is 3.55. The van der Waals surface area contributed by atoms with E-state index in [1.807, 2.05) is 24.5 Å².